The van der Waals surface area contributed by atoms with E-state index in [4.69, 9.17) is 0 Å². The molecule has 0 N–H and O–H groups in total. The predicted molar refractivity (Wildman–Crippen MR) is 90.7 cm³/mol. The molecule has 4 rings (SSSR count). The largest absolute Gasteiger partial charge is 0.300 e. The zero-order valence-electron chi connectivity index (χ0n) is 14.6. The Kier molecular flexibility index (Phi) is 3.59. The van der Waals surface area contributed by atoms with Crippen LogP contribution in [0.3, 0.4) is 0 Å². The predicted octanol–water partition coefficient (Wildman–Crippen LogP) is 4.44. The molecule has 5 unspecified atom stereocenters. The summed E-state index contributed by atoms with van der Waals surface area (Å²) in [4.78, 5) is 24.8. The molecule has 23 heavy (non-hydrogen) atoms. The lowest BCUT2D eigenvalue weighted by Gasteiger charge is -2.58. The summed E-state index contributed by atoms with van der Waals surface area (Å²) in [5, 5.41) is 0. The van der Waals surface area contributed by atoms with E-state index in [1.54, 1.807) is 0 Å². The molecule has 0 aromatic rings. The highest BCUT2D eigenvalue weighted by Crippen LogP contribution is 2.63. The maximum Gasteiger partial charge on any atom is 0.137 e. The lowest BCUT2D eigenvalue weighted by Crippen LogP contribution is -2.56. The third-order valence-electron chi connectivity index (χ3n) is 8.32. The Labute approximate surface area is 140 Å². The van der Waals surface area contributed by atoms with Gasteiger partial charge >= 0.3 is 0 Å². The second-order valence-electron chi connectivity index (χ2n) is 9.17. The van der Waals surface area contributed by atoms with Gasteiger partial charge in [-0.25, -0.2) is 0 Å². The van der Waals surface area contributed by atoms with Crippen LogP contribution >= 0.6 is 0 Å². The van der Waals surface area contributed by atoms with Gasteiger partial charge < -0.3 is 0 Å². The molecule has 0 aliphatic heterocycles. The molecule has 2 nitrogen and oxygen atoms in total. The third-order valence-corrected chi connectivity index (χ3v) is 8.32. The van der Waals surface area contributed by atoms with Crippen LogP contribution in [0, 0.1) is 46.8 Å². The molecule has 0 saturated heterocycles. The summed E-state index contributed by atoms with van der Waals surface area (Å²) in [5.74, 6) is 4.80. The number of hydrogen-bond acceptors (Lipinski definition) is 2. The first-order valence-electron chi connectivity index (χ1n) is 9.62. The molecule has 8 atom stereocenters. The number of allylic oxidation sites excluding steroid dienone is 1. The fourth-order valence-electron chi connectivity index (χ4n) is 7.23. The fraction of sp³-hybridized carbons (Fsp3) is 0.810. The first-order valence-corrected chi connectivity index (χ1v) is 9.62. The molecule has 126 valence electrons. The molecule has 0 bridgehead atoms. The van der Waals surface area contributed by atoms with Gasteiger partial charge in [-0.3, -0.25) is 9.59 Å². The van der Waals surface area contributed by atoms with Crippen molar-refractivity contribution in [1.82, 2.24) is 0 Å². The van der Waals surface area contributed by atoms with Crippen molar-refractivity contribution in [1.29, 1.82) is 0 Å². The van der Waals surface area contributed by atoms with Gasteiger partial charge in [-0.1, -0.05) is 19.9 Å². The lowest BCUT2D eigenvalue weighted by molar-refractivity contribution is -0.156. The van der Waals surface area contributed by atoms with Crippen molar-refractivity contribution in [3.05, 3.63) is 12.7 Å². The molecule has 0 spiro atoms. The Balaban J connectivity index is 1.69. The van der Waals surface area contributed by atoms with Crippen molar-refractivity contribution in [3.8, 4) is 0 Å². The average molecular weight is 314 g/mol. The van der Waals surface area contributed by atoms with Crippen LogP contribution in [0.15, 0.2) is 12.7 Å². The summed E-state index contributed by atoms with van der Waals surface area (Å²) in [7, 11) is 0. The van der Waals surface area contributed by atoms with E-state index in [1.807, 2.05) is 0 Å². The first-order chi connectivity index (χ1) is 11.0. The van der Waals surface area contributed by atoms with Gasteiger partial charge in [0, 0.05) is 25.2 Å². The van der Waals surface area contributed by atoms with Gasteiger partial charge in [0.1, 0.15) is 11.6 Å². The molecular formula is C21H30O2. The summed E-state index contributed by atoms with van der Waals surface area (Å²) >= 11 is 0. The molecule has 2 heteroatoms. The number of fused-ring (bicyclic) bond motifs is 5. The number of Topliss-reactive ketones (excluding diaryl/α,β-unsaturated/α-hetero) is 2. The van der Waals surface area contributed by atoms with Crippen LogP contribution < -0.4 is 0 Å². The molecule has 0 aromatic carbocycles. The van der Waals surface area contributed by atoms with E-state index in [0.717, 1.165) is 24.7 Å². The van der Waals surface area contributed by atoms with Crippen molar-refractivity contribution in [2.45, 2.75) is 58.8 Å². The normalized spacial score (nSPS) is 52.5. The van der Waals surface area contributed by atoms with E-state index < -0.39 is 0 Å². The Morgan fingerprint density at radius 2 is 1.96 bits per heavy atom. The maximum absolute atomic E-state index is 12.9. The van der Waals surface area contributed by atoms with Gasteiger partial charge in [0.15, 0.2) is 0 Å². The molecule has 4 saturated carbocycles. The minimum absolute atomic E-state index is 0.0188. The van der Waals surface area contributed by atoms with E-state index in [9.17, 15) is 9.59 Å². The molecule has 0 aromatic heterocycles. The molecule has 0 radical (unpaired) electrons. The van der Waals surface area contributed by atoms with Gasteiger partial charge in [0.05, 0.1) is 0 Å². The van der Waals surface area contributed by atoms with Crippen LogP contribution in [0.25, 0.3) is 0 Å². The average Bonchev–Trinajstić information content (AvgIpc) is 2.96. The summed E-state index contributed by atoms with van der Waals surface area (Å²) in [6.07, 6.45) is 8.88. The van der Waals surface area contributed by atoms with Gasteiger partial charge in [-0.05, 0) is 66.6 Å². The smallest absolute Gasteiger partial charge is 0.137 e. The number of hydrogen-bond donors (Lipinski definition) is 0. The molecule has 0 amide bonds. The van der Waals surface area contributed by atoms with Gasteiger partial charge in [-0.2, -0.15) is 0 Å². The van der Waals surface area contributed by atoms with Gasteiger partial charge in [0.2, 0.25) is 0 Å². The van der Waals surface area contributed by atoms with Crippen LogP contribution in [0.1, 0.15) is 58.8 Å². The van der Waals surface area contributed by atoms with Crippen LogP contribution in [0.2, 0.25) is 0 Å². The molecule has 4 aliphatic rings. The molecular weight excluding hydrogens is 284 g/mol. The van der Waals surface area contributed by atoms with E-state index >= 15 is 0 Å². The Morgan fingerprint density at radius 1 is 1.17 bits per heavy atom. The van der Waals surface area contributed by atoms with Crippen LogP contribution in [0.5, 0.6) is 0 Å². The van der Waals surface area contributed by atoms with E-state index in [1.165, 1.54) is 19.3 Å². The third kappa shape index (κ3) is 2.13. The molecule has 4 fully saturated rings. The number of carbonyl (C=O) groups excluding carboxylic acids is 2. The Hall–Kier alpha value is -0.920. The minimum atomic E-state index is 0.0188. The first kappa shape index (κ1) is 15.6. The van der Waals surface area contributed by atoms with E-state index in [2.05, 4.69) is 26.5 Å². The SMILES string of the molecule is C=C[C@H]1CCC2C3CC(=O)C4CC(=O)CC[C@]4(C)C3C[C@@H](C)C21. The summed E-state index contributed by atoms with van der Waals surface area (Å²) < 4.78 is 0. The second-order valence-corrected chi connectivity index (χ2v) is 9.17. The Bertz CT molecular complexity index is 550. The highest BCUT2D eigenvalue weighted by atomic mass is 16.1. The summed E-state index contributed by atoms with van der Waals surface area (Å²) in [6, 6.07) is 0. The zero-order chi connectivity index (χ0) is 16.4. The monoisotopic (exact) mass is 314 g/mol. The fourth-order valence-corrected chi connectivity index (χ4v) is 7.23. The summed E-state index contributed by atoms with van der Waals surface area (Å²) in [6.45, 7) is 8.84. The molecule has 4 aliphatic carbocycles. The number of ketones is 2. The van der Waals surface area contributed by atoms with E-state index in [0.29, 0.717) is 48.1 Å². The second kappa shape index (κ2) is 5.29. The molecule has 0 heterocycles. The Morgan fingerprint density at radius 3 is 2.70 bits per heavy atom. The quantitative estimate of drug-likeness (QED) is 0.671. The van der Waals surface area contributed by atoms with Crippen LogP contribution in [0.4, 0.5) is 0 Å². The van der Waals surface area contributed by atoms with Crippen molar-refractivity contribution in [3.63, 3.8) is 0 Å². The topological polar surface area (TPSA) is 34.1 Å². The van der Waals surface area contributed by atoms with Crippen LogP contribution in [-0.2, 0) is 9.59 Å². The van der Waals surface area contributed by atoms with E-state index in [-0.39, 0.29) is 11.3 Å². The standard InChI is InChI=1S/C21H30O2/c1-4-13-5-6-15-16-11-19(23)18-10-14(22)7-8-21(18,3)17(16)9-12(2)20(13)15/h4,12-13,15-18,20H,1,5-11H2,2-3H3/t12-,13+,15?,16?,17?,18?,20?,21-/m1/s1. The maximum atomic E-state index is 12.9. The highest BCUT2D eigenvalue weighted by molar-refractivity contribution is 5.90. The van der Waals surface area contributed by atoms with Crippen molar-refractivity contribution < 1.29 is 9.59 Å². The van der Waals surface area contributed by atoms with Crippen molar-refractivity contribution in [2.75, 3.05) is 0 Å². The van der Waals surface area contributed by atoms with Gasteiger partial charge in [-0.15, -0.1) is 6.58 Å². The summed E-state index contributed by atoms with van der Waals surface area (Å²) in [5.41, 5.74) is 0.0827. The van der Waals surface area contributed by atoms with Gasteiger partial charge in [0.25, 0.3) is 0 Å². The van der Waals surface area contributed by atoms with Crippen LogP contribution in [-0.4, -0.2) is 11.6 Å². The number of rotatable bonds is 1. The van der Waals surface area contributed by atoms with Crippen molar-refractivity contribution >= 4 is 11.6 Å². The zero-order valence-corrected chi connectivity index (χ0v) is 14.6. The number of carbonyl (C=O) groups is 2. The lowest BCUT2D eigenvalue weighted by atomic mass is 9.45. The van der Waals surface area contributed by atoms with Crippen molar-refractivity contribution in [2.24, 2.45) is 46.8 Å². The highest BCUT2D eigenvalue weighted by Gasteiger charge is 2.60. The minimum Gasteiger partial charge on any atom is -0.300 e.